The van der Waals surface area contributed by atoms with Crippen LogP contribution < -0.4 is 10.6 Å². The molecule has 0 amide bonds. The molecule has 0 radical (unpaired) electrons. The molecule has 1 saturated heterocycles. The Morgan fingerprint density at radius 2 is 2.30 bits per heavy atom. The fourth-order valence-corrected chi connectivity index (χ4v) is 5.26. The van der Waals surface area contributed by atoms with Crippen LogP contribution in [0.1, 0.15) is 19.8 Å². The van der Waals surface area contributed by atoms with Gasteiger partial charge in [0.15, 0.2) is 5.82 Å². The molecule has 0 saturated carbocycles. The van der Waals surface area contributed by atoms with Gasteiger partial charge in [-0.2, -0.15) is 4.98 Å². The SMILES string of the molecule is CC1C(N)CCCN1c1n[nH]c(-c2cc(Br)sc2Br)n1. The zero-order valence-corrected chi connectivity index (χ0v) is 14.9. The monoisotopic (exact) mass is 419 g/mol. The lowest BCUT2D eigenvalue weighted by Crippen LogP contribution is -2.50. The fraction of sp³-hybridized carbons (Fsp3) is 0.500. The van der Waals surface area contributed by atoms with E-state index < -0.39 is 0 Å². The molecule has 0 aromatic carbocycles. The van der Waals surface area contributed by atoms with Gasteiger partial charge in [0, 0.05) is 24.2 Å². The van der Waals surface area contributed by atoms with Crippen LogP contribution in [-0.2, 0) is 0 Å². The molecule has 3 N–H and O–H groups in total. The van der Waals surface area contributed by atoms with Gasteiger partial charge >= 0.3 is 0 Å². The van der Waals surface area contributed by atoms with E-state index in [9.17, 15) is 0 Å². The first-order valence-electron chi connectivity index (χ1n) is 6.46. The second-order valence-electron chi connectivity index (χ2n) is 4.96. The van der Waals surface area contributed by atoms with Crippen LogP contribution in [0.5, 0.6) is 0 Å². The van der Waals surface area contributed by atoms with E-state index in [1.54, 1.807) is 11.3 Å². The van der Waals surface area contributed by atoms with Gasteiger partial charge < -0.3 is 10.6 Å². The second kappa shape index (κ2) is 5.75. The normalized spacial score (nSPS) is 23.3. The predicted octanol–water partition coefficient (Wildman–Crippen LogP) is 3.37. The summed E-state index contributed by atoms with van der Waals surface area (Å²) < 4.78 is 2.10. The van der Waals surface area contributed by atoms with E-state index in [4.69, 9.17) is 5.73 Å². The third-order valence-electron chi connectivity index (χ3n) is 3.69. The fourth-order valence-electron chi connectivity index (χ4n) is 2.46. The molecule has 3 rings (SSSR count). The summed E-state index contributed by atoms with van der Waals surface area (Å²) in [5.41, 5.74) is 7.15. The number of aromatic nitrogens is 3. The topological polar surface area (TPSA) is 70.8 Å². The summed E-state index contributed by atoms with van der Waals surface area (Å²) in [6.07, 6.45) is 2.15. The van der Waals surface area contributed by atoms with Crippen molar-refractivity contribution in [1.29, 1.82) is 0 Å². The van der Waals surface area contributed by atoms with Crippen LogP contribution in [0.25, 0.3) is 11.4 Å². The number of hydrogen-bond donors (Lipinski definition) is 2. The molecular formula is C12H15Br2N5S. The van der Waals surface area contributed by atoms with Crippen LogP contribution in [0.3, 0.4) is 0 Å². The maximum absolute atomic E-state index is 6.13. The van der Waals surface area contributed by atoms with Crippen molar-refractivity contribution in [3.8, 4) is 11.4 Å². The Labute approximate surface area is 138 Å². The van der Waals surface area contributed by atoms with E-state index in [0.29, 0.717) is 0 Å². The van der Waals surface area contributed by atoms with Crippen LogP contribution in [0.15, 0.2) is 13.6 Å². The number of nitrogens with one attached hydrogen (secondary N) is 1. The van der Waals surface area contributed by atoms with Crippen molar-refractivity contribution in [3.63, 3.8) is 0 Å². The molecule has 2 aromatic rings. The summed E-state index contributed by atoms with van der Waals surface area (Å²) in [5.74, 6) is 1.51. The van der Waals surface area contributed by atoms with E-state index in [1.165, 1.54) is 0 Å². The highest BCUT2D eigenvalue weighted by Crippen LogP contribution is 2.37. The number of rotatable bonds is 2. The van der Waals surface area contributed by atoms with Gasteiger partial charge in [-0.3, -0.25) is 5.10 Å². The van der Waals surface area contributed by atoms with Gasteiger partial charge in [0.2, 0.25) is 5.95 Å². The van der Waals surface area contributed by atoms with E-state index in [1.807, 2.05) is 6.07 Å². The van der Waals surface area contributed by atoms with Gasteiger partial charge in [-0.15, -0.1) is 16.4 Å². The number of piperidine rings is 1. The largest absolute Gasteiger partial charge is 0.335 e. The number of H-pyrrole nitrogens is 1. The predicted molar refractivity (Wildman–Crippen MR) is 89.1 cm³/mol. The Morgan fingerprint density at radius 3 is 3.00 bits per heavy atom. The number of nitrogens with zero attached hydrogens (tertiary/aromatic N) is 3. The zero-order chi connectivity index (χ0) is 14.3. The van der Waals surface area contributed by atoms with Gasteiger partial charge in [0.05, 0.1) is 7.57 Å². The van der Waals surface area contributed by atoms with Crippen LogP contribution in [0.2, 0.25) is 0 Å². The number of thiophene rings is 1. The first-order valence-corrected chi connectivity index (χ1v) is 8.86. The first-order chi connectivity index (χ1) is 9.56. The van der Waals surface area contributed by atoms with E-state index in [2.05, 4.69) is 58.9 Å². The summed E-state index contributed by atoms with van der Waals surface area (Å²) in [5, 5.41) is 7.38. The zero-order valence-electron chi connectivity index (χ0n) is 10.9. The van der Waals surface area contributed by atoms with Crippen molar-refractivity contribution in [1.82, 2.24) is 15.2 Å². The Kier molecular flexibility index (Phi) is 4.16. The number of aromatic amines is 1. The van der Waals surface area contributed by atoms with Crippen LogP contribution >= 0.6 is 43.2 Å². The van der Waals surface area contributed by atoms with E-state index in [-0.39, 0.29) is 12.1 Å². The Hall–Kier alpha value is -0.440. The summed E-state index contributed by atoms with van der Waals surface area (Å²) in [6, 6.07) is 2.49. The van der Waals surface area contributed by atoms with Crippen molar-refractivity contribution in [3.05, 3.63) is 13.6 Å². The molecule has 8 heteroatoms. The minimum atomic E-state index is 0.188. The average Bonchev–Trinajstić information content (AvgIpc) is 2.99. The standard InChI is InChI=1S/C12H15Br2N5S/c1-6-8(15)3-2-4-19(6)12-16-11(17-18-12)7-5-9(13)20-10(7)14/h5-6,8H,2-4,15H2,1H3,(H,16,17,18). The molecule has 1 aliphatic rings. The molecule has 1 fully saturated rings. The summed E-state index contributed by atoms with van der Waals surface area (Å²) >= 11 is 8.65. The molecule has 2 aromatic heterocycles. The molecule has 20 heavy (non-hydrogen) atoms. The third kappa shape index (κ3) is 2.66. The maximum Gasteiger partial charge on any atom is 0.245 e. The molecule has 2 unspecified atom stereocenters. The van der Waals surface area contributed by atoms with E-state index in [0.717, 1.165) is 44.3 Å². The quantitative estimate of drug-likeness (QED) is 0.781. The van der Waals surface area contributed by atoms with Gasteiger partial charge in [-0.1, -0.05) is 0 Å². The number of nitrogens with two attached hydrogens (primary N) is 1. The second-order valence-corrected chi connectivity index (χ2v) is 8.71. The number of anilines is 1. The molecule has 3 heterocycles. The lowest BCUT2D eigenvalue weighted by Gasteiger charge is -2.36. The number of halogens is 2. The van der Waals surface area contributed by atoms with E-state index >= 15 is 0 Å². The highest BCUT2D eigenvalue weighted by molar-refractivity contribution is 9.12. The van der Waals surface area contributed by atoms with Crippen molar-refractivity contribution in [2.75, 3.05) is 11.4 Å². The summed E-state index contributed by atoms with van der Waals surface area (Å²) in [7, 11) is 0. The van der Waals surface area contributed by atoms with Crippen LogP contribution in [0, 0.1) is 0 Å². The Bertz CT molecular complexity index is 611. The molecule has 5 nitrogen and oxygen atoms in total. The minimum Gasteiger partial charge on any atom is -0.335 e. The van der Waals surface area contributed by atoms with Crippen molar-refractivity contribution in [2.45, 2.75) is 31.8 Å². The van der Waals surface area contributed by atoms with Crippen LogP contribution in [0.4, 0.5) is 5.95 Å². The van der Waals surface area contributed by atoms with Crippen LogP contribution in [-0.4, -0.2) is 33.8 Å². The van der Waals surface area contributed by atoms with Gasteiger partial charge in [0.25, 0.3) is 0 Å². The third-order valence-corrected chi connectivity index (χ3v) is 6.03. The lowest BCUT2D eigenvalue weighted by atomic mass is 9.99. The van der Waals surface area contributed by atoms with Crippen molar-refractivity contribution >= 4 is 49.1 Å². The van der Waals surface area contributed by atoms with Crippen molar-refractivity contribution in [2.24, 2.45) is 5.73 Å². The van der Waals surface area contributed by atoms with Gasteiger partial charge in [-0.05, 0) is 57.7 Å². The molecular weight excluding hydrogens is 406 g/mol. The Balaban J connectivity index is 1.88. The summed E-state index contributed by atoms with van der Waals surface area (Å²) in [6.45, 7) is 3.09. The summed E-state index contributed by atoms with van der Waals surface area (Å²) in [4.78, 5) is 6.81. The average molecular weight is 421 g/mol. The molecule has 0 bridgehead atoms. The van der Waals surface area contributed by atoms with Gasteiger partial charge in [-0.25, -0.2) is 0 Å². The molecule has 1 aliphatic heterocycles. The number of hydrogen-bond acceptors (Lipinski definition) is 5. The smallest absolute Gasteiger partial charge is 0.245 e. The first kappa shape index (κ1) is 14.5. The lowest BCUT2D eigenvalue weighted by molar-refractivity contribution is 0.416. The van der Waals surface area contributed by atoms with Gasteiger partial charge in [0.1, 0.15) is 0 Å². The molecule has 108 valence electrons. The highest BCUT2D eigenvalue weighted by atomic mass is 79.9. The molecule has 0 aliphatic carbocycles. The highest BCUT2D eigenvalue weighted by Gasteiger charge is 2.28. The molecule has 0 spiro atoms. The Morgan fingerprint density at radius 1 is 1.50 bits per heavy atom. The maximum atomic E-state index is 6.13. The van der Waals surface area contributed by atoms with Crippen molar-refractivity contribution < 1.29 is 0 Å². The molecule has 2 atom stereocenters. The minimum absolute atomic E-state index is 0.188.